The van der Waals surface area contributed by atoms with Crippen LogP contribution in [0.4, 0.5) is 0 Å². The molecule has 2 aliphatic rings. The predicted molar refractivity (Wildman–Crippen MR) is 100.0 cm³/mol. The van der Waals surface area contributed by atoms with Gasteiger partial charge in [-0.05, 0) is 37.1 Å². The summed E-state index contributed by atoms with van der Waals surface area (Å²) >= 11 is 0. The number of hydrogen-bond acceptors (Lipinski definition) is 6. The van der Waals surface area contributed by atoms with E-state index in [0.717, 1.165) is 30.6 Å². The van der Waals surface area contributed by atoms with Crippen LogP contribution in [-0.2, 0) is 11.3 Å². The number of carbonyl (C=O) groups excluding carboxylic acids is 1. The van der Waals surface area contributed by atoms with E-state index in [0.29, 0.717) is 36.1 Å². The number of ether oxygens (including phenoxy) is 2. The van der Waals surface area contributed by atoms with Crippen molar-refractivity contribution >= 4 is 5.91 Å². The molecule has 2 aromatic heterocycles. The Balaban J connectivity index is 1.56. The molecule has 5 rings (SSSR count). The fourth-order valence-corrected chi connectivity index (χ4v) is 3.49. The van der Waals surface area contributed by atoms with Gasteiger partial charge in [0, 0.05) is 37.0 Å². The lowest BCUT2D eigenvalue weighted by molar-refractivity contribution is -0.134. The van der Waals surface area contributed by atoms with Crippen molar-refractivity contribution < 1.29 is 14.3 Å². The monoisotopic (exact) mass is 377 g/mol. The topological polar surface area (TPSA) is 82.4 Å². The highest BCUT2D eigenvalue weighted by Gasteiger charge is 2.23. The van der Waals surface area contributed by atoms with Gasteiger partial charge in [-0.15, -0.1) is 5.10 Å². The maximum absolute atomic E-state index is 12.3. The quantitative estimate of drug-likeness (QED) is 0.695. The Morgan fingerprint density at radius 2 is 1.89 bits per heavy atom. The lowest BCUT2D eigenvalue weighted by atomic mass is 10.1. The predicted octanol–water partition coefficient (Wildman–Crippen LogP) is 2.57. The van der Waals surface area contributed by atoms with Crippen LogP contribution in [0, 0.1) is 0 Å². The van der Waals surface area contributed by atoms with E-state index in [1.54, 1.807) is 17.1 Å². The van der Waals surface area contributed by atoms with Gasteiger partial charge in [0.05, 0.1) is 12.2 Å². The highest BCUT2D eigenvalue weighted by molar-refractivity contribution is 5.76. The molecule has 142 valence electrons. The van der Waals surface area contributed by atoms with Crippen molar-refractivity contribution in [2.45, 2.75) is 25.8 Å². The van der Waals surface area contributed by atoms with Crippen LogP contribution in [-0.4, -0.2) is 43.9 Å². The highest BCUT2D eigenvalue weighted by Crippen LogP contribution is 2.34. The van der Waals surface area contributed by atoms with Crippen molar-refractivity contribution in [2.75, 3.05) is 13.3 Å². The second-order valence-electron chi connectivity index (χ2n) is 6.81. The Morgan fingerprint density at radius 1 is 1.04 bits per heavy atom. The van der Waals surface area contributed by atoms with E-state index < -0.39 is 0 Å². The summed E-state index contributed by atoms with van der Waals surface area (Å²) in [5, 5.41) is 4.71. The first kappa shape index (κ1) is 16.7. The first-order valence-electron chi connectivity index (χ1n) is 9.32. The van der Waals surface area contributed by atoms with E-state index in [1.165, 1.54) is 0 Å². The second kappa shape index (κ2) is 6.95. The lowest BCUT2D eigenvalue weighted by Gasteiger charge is -2.26. The summed E-state index contributed by atoms with van der Waals surface area (Å²) in [5.41, 5.74) is 1.69. The van der Waals surface area contributed by atoms with E-state index >= 15 is 0 Å². The highest BCUT2D eigenvalue weighted by atomic mass is 16.7. The molecular weight excluding hydrogens is 358 g/mol. The molecule has 0 unspecified atom stereocenters. The van der Waals surface area contributed by atoms with Crippen LogP contribution in [0.5, 0.6) is 11.5 Å². The van der Waals surface area contributed by atoms with Crippen LogP contribution in [0.15, 0.2) is 42.7 Å². The summed E-state index contributed by atoms with van der Waals surface area (Å²) in [5.74, 6) is 2.86. The molecule has 8 nitrogen and oxygen atoms in total. The molecule has 28 heavy (non-hydrogen) atoms. The minimum atomic E-state index is 0.164. The molecule has 0 N–H and O–H groups in total. The number of hydrogen-bond donors (Lipinski definition) is 0. The number of nitrogens with zero attached hydrogens (tertiary/aromatic N) is 5. The molecule has 4 heterocycles. The van der Waals surface area contributed by atoms with E-state index in [4.69, 9.17) is 19.6 Å². The summed E-state index contributed by atoms with van der Waals surface area (Å²) in [7, 11) is 0. The third-order valence-electron chi connectivity index (χ3n) is 4.97. The number of benzene rings is 1. The van der Waals surface area contributed by atoms with Crippen LogP contribution in [0.1, 0.15) is 25.1 Å². The Morgan fingerprint density at radius 3 is 2.75 bits per heavy atom. The number of aromatic nitrogens is 4. The molecule has 1 aromatic carbocycles. The number of likely N-dealkylation sites (tertiary alicyclic amines) is 1. The van der Waals surface area contributed by atoms with Gasteiger partial charge >= 0.3 is 0 Å². The van der Waals surface area contributed by atoms with Crippen LogP contribution in [0.3, 0.4) is 0 Å². The van der Waals surface area contributed by atoms with Crippen molar-refractivity contribution in [3.8, 4) is 28.6 Å². The Bertz CT molecular complexity index is 1020. The van der Waals surface area contributed by atoms with Crippen molar-refractivity contribution in [1.29, 1.82) is 0 Å². The molecule has 3 aromatic rings. The van der Waals surface area contributed by atoms with Crippen molar-refractivity contribution in [3.05, 3.63) is 48.5 Å². The van der Waals surface area contributed by atoms with Gasteiger partial charge in [-0.25, -0.2) is 9.67 Å². The van der Waals surface area contributed by atoms with E-state index in [-0.39, 0.29) is 12.7 Å². The van der Waals surface area contributed by atoms with E-state index in [1.807, 2.05) is 35.2 Å². The number of piperidine rings is 1. The van der Waals surface area contributed by atoms with Crippen LogP contribution >= 0.6 is 0 Å². The number of carbonyl (C=O) groups is 1. The Labute approximate surface area is 161 Å². The molecule has 0 spiro atoms. The Kier molecular flexibility index (Phi) is 4.16. The van der Waals surface area contributed by atoms with Crippen LogP contribution in [0.25, 0.3) is 17.1 Å². The largest absolute Gasteiger partial charge is 0.454 e. The lowest BCUT2D eigenvalue weighted by Crippen LogP contribution is -2.35. The summed E-state index contributed by atoms with van der Waals surface area (Å²) in [4.78, 5) is 22.9. The molecule has 0 radical (unpaired) electrons. The zero-order chi connectivity index (χ0) is 18.9. The van der Waals surface area contributed by atoms with Gasteiger partial charge in [-0.3, -0.25) is 9.78 Å². The van der Waals surface area contributed by atoms with Gasteiger partial charge in [0.2, 0.25) is 12.7 Å². The average Bonchev–Trinajstić information content (AvgIpc) is 3.37. The minimum Gasteiger partial charge on any atom is -0.454 e. The molecule has 0 bridgehead atoms. The number of rotatable bonds is 4. The second-order valence-corrected chi connectivity index (χ2v) is 6.81. The number of fused-ring (bicyclic) bond motifs is 1. The molecule has 1 saturated heterocycles. The van der Waals surface area contributed by atoms with Crippen LogP contribution < -0.4 is 9.47 Å². The van der Waals surface area contributed by atoms with E-state index in [2.05, 4.69) is 4.98 Å². The van der Waals surface area contributed by atoms with Gasteiger partial charge in [0.15, 0.2) is 23.1 Å². The fourth-order valence-electron chi connectivity index (χ4n) is 3.49. The van der Waals surface area contributed by atoms with Gasteiger partial charge in [-0.1, -0.05) is 0 Å². The maximum Gasteiger partial charge on any atom is 0.231 e. The molecule has 1 amide bonds. The van der Waals surface area contributed by atoms with Crippen molar-refractivity contribution in [1.82, 2.24) is 24.6 Å². The molecule has 0 aliphatic carbocycles. The first-order chi connectivity index (χ1) is 13.8. The molecule has 2 aliphatic heterocycles. The average molecular weight is 377 g/mol. The minimum absolute atomic E-state index is 0.164. The van der Waals surface area contributed by atoms with E-state index in [9.17, 15) is 4.79 Å². The molecular formula is C20H19N5O3. The number of amides is 1. The normalized spacial score (nSPS) is 15.9. The van der Waals surface area contributed by atoms with Gasteiger partial charge in [0.25, 0.3) is 0 Å². The third kappa shape index (κ3) is 3.06. The fraction of sp³-hybridized carbons (Fsp3) is 0.300. The van der Waals surface area contributed by atoms with Crippen molar-refractivity contribution in [3.63, 3.8) is 0 Å². The third-order valence-corrected chi connectivity index (χ3v) is 4.97. The maximum atomic E-state index is 12.3. The summed E-state index contributed by atoms with van der Waals surface area (Å²) in [6, 6.07) is 9.40. The molecule has 0 saturated carbocycles. The summed E-state index contributed by atoms with van der Waals surface area (Å²) in [6.07, 6.45) is 5.98. The van der Waals surface area contributed by atoms with Crippen LogP contribution in [0.2, 0.25) is 0 Å². The summed E-state index contributed by atoms with van der Waals surface area (Å²) < 4.78 is 12.7. The SMILES string of the molecule is O=C1CCCCN1Cc1nc(-c2ccncc2)nn1-c1ccc2c(c1)OCO2. The summed E-state index contributed by atoms with van der Waals surface area (Å²) in [6.45, 7) is 1.39. The zero-order valence-electron chi connectivity index (χ0n) is 15.2. The zero-order valence-corrected chi connectivity index (χ0v) is 15.2. The first-order valence-corrected chi connectivity index (χ1v) is 9.32. The van der Waals surface area contributed by atoms with Gasteiger partial charge in [-0.2, -0.15) is 0 Å². The van der Waals surface area contributed by atoms with Crippen molar-refractivity contribution in [2.24, 2.45) is 0 Å². The smallest absolute Gasteiger partial charge is 0.231 e. The standard InChI is InChI=1S/C20H19N5O3/c26-19-3-1-2-10-24(19)12-18-22-20(14-6-8-21-9-7-14)23-25(18)15-4-5-16-17(11-15)28-13-27-16/h4-9,11H,1-3,10,12-13H2. The molecule has 0 atom stereocenters. The molecule has 1 fully saturated rings. The number of pyridine rings is 1. The van der Waals surface area contributed by atoms with Gasteiger partial charge < -0.3 is 14.4 Å². The Hall–Kier alpha value is -3.42. The molecule has 8 heteroatoms. The van der Waals surface area contributed by atoms with Gasteiger partial charge in [0.1, 0.15) is 0 Å².